The van der Waals surface area contributed by atoms with E-state index in [0.717, 1.165) is 28.4 Å². The Morgan fingerprint density at radius 2 is 1.82 bits per heavy atom. The van der Waals surface area contributed by atoms with Crippen LogP contribution in [0.5, 0.6) is 0 Å². The third kappa shape index (κ3) is 6.64. The van der Waals surface area contributed by atoms with E-state index in [1.165, 1.54) is 0 Å². The number of hydrogen-bond acceptors (Lipinski definition) is 2. The van der Waals surface area contributed by atoms with Crippen LogP contribution in [-0.4, -0.2) is 29.3 Å². The lowest BCUT2D eigenvalue weighted by Crippen LogP contribution is -2.48. The van der Waals surface area contributed by atoms with E-state index >= 15 is 0 Å². The standard InChI is InChI=1S/C22H26BrClN2O2/c1-3-4-13-25-22(28)16(2)26(15-17-9-11-19(23)12-10-17)21(27)14-18-7-5-6-8-20(18)24/h5-12,16H,3-4,13-15H2,1-2H3,(H,25,28). The quantitative estimate of drug-likeness (QED) is 0.531. The molecule has 0 heterocycles. The van der Waals surface area contributed by atoms with E-state index in [9.17, 15) is 9.59 Å². The zero-order chi connectivity index (χ0) is 20.5. The topological polar surface area (TPSA) is 49.4 Å². The highest BCUT2D eigenvalue weighted by atomic mass is 79.9. The monoisotopic (exact) mass is 464 g/mol. The normalized spacial score (nSPS) is 11.7. The van der Waals surface area contributed by atoms with Crippen LogP contribution in [0.25, 0.3) is 0 Å². The molecule has 150 valence electrons. The molecule has 0 aliphatic heterocycles. The summed E-state index contributed by atoms with van der Waals surface area (Å²) in [5, 5.41) is 3.48. The van der Waals surface area contributed by atoms with Crippen molar-refractivity contribution in [2.45, 2.75) is 45.7 Å². The number of unbranched alkanes of at least 4 members (excludes halogenated alkanes) is 1. The van der Waals surface area contributed by atoms with E-state index in [0.29, 0.717) is 18.1 Å². The maximum atomic E-state index is 13.1. The molecule has 1 unspecified atom stereocenters. The summed E-state index contributed by atoms with van der Waals surface area (Å²) in [5.41, 5.74) is 1.72. The van der Waals surface area contributed by atoms with E-state index in [1.54, 1.807) is 17.9 Å². The lowest BCUT2D eigenvalue weighted by Gasteiger charge is -2.29. The van der Waals surface area contributed by atoms with E-state index in [1.807, 2.05) is 42.5 Å². The third-order valence-electron chi connectivity index (χ3n) is 4.56. The molecule has 28 heavy (non-hydrogen) atoms. The highest BCUT2D eigenvalue weighted by molar-refractivity contribution is 9.10. The van der Waals surface area contributed by atoms with E-state index in [-0.39, 0.29) is 18.2 Å². The van der Waals surface area contributed by atoms with Crippen molar-refractivity contribution in [2.75, 3.05) is 6.54 Å². The lowest BCUT2D eigenvalue weighted by atomic mass is 10.1. The van der Waals surface area contributed by atoms with Gasteiger partial charge in [-0.25, -0.2) is 0 Å². The smallest absolute Gasteiger partial charge is 0.242 e. The molecule has 0 saturated heterocycles. The zero-order valence-corrected chi connectivity index (χ0v) is 18.6. The summed E-state index contributed by atoms with van der Waals surface area (Å²) in [4.78, 5) is 27.3. The molecule has 0 radical (unpaired) electrons. The number of carbonyl (C=O) groups is 2. The molecule has 0 aromatic heterocycles. The molecule has 2 amide bonds. The summed E-state index contributed by atoms with van der Waals surface area (Å²) in [6.45, 7) is 4.82. The summed E-state index contributed by atoms with van der Waals surface area (Å²) in [6.07, 6.45) is 2.07. The lowest BCUT2D eigenvalue weighted by molar-refractivity contribution is -0.140. The molecule has 0 aliphatic carbocycles. The van der Waals surface area contributed by atoms with Crippen LogP contribution in [0.2, 0.25) is 5.02 Å². The fraction of sp³-hybridized carbons (Fsp3) is 0.364. The molecule has 2 aromatic carbocycles. The molecule has 2 rings (SSSR count). The number of carbonyl (C=O) groups excluding carboxylic acids is 2. The minimum absolute atomic E-state index is 0.130. The maximum absolute atomic E-state index is 13.1. The molecule has 4 nitrogen and oxygen atoms in total. The van der Waals surface area contributed by atoms with Gasteiger partial charge in [0.15, 0.2) is 0 Å². The summed E-state index contributed by atoms with van der Waals surface area (Å²) < 4.78 is 0.968. The zero-order valence-electron chi connectivity index (χ0n) is 16.3. The number of benzene rings is 2. The average Bonchev–Trinajstić information content (AvgIpc) is 2.68. The van der Waals surface area contributed by atoms with Crippen LogP contribution in [0.1, 0.15) is 37.8 Å². The van der Waals surface area contributed by atoms with Crippen molar-refractivity contribution in [3.8, 4) is 0 Å². The van der Waals surface area contributed by atoms with Crippen LogP contribution in [0.4, 0.5) is 0 Å². The summed E-state index contributed by atoms with van der Waals surface area (Å²) in [6, 6.07) is 14.5. The second-order valence-electron chi connectivity index (χ2n) is 6.74. The van der Waals surface area contributed by atoms with Crippen LogP contribution >= 0.6 is 27.5 Å². The fourth-order valence-corrected chi connectivity index (χ4v) is 3.28. The molecular weight excluding hydrogens is 440 g/mol. The van der Waals surface area contributed by atoms with Gasteiger partial charge in [0.1, 0.15) is 6.04 Å². The van der Waals surface area contributed by atoms with Crippen LogP contribution in [-0.2, 0) is 22.6 Å². The van der Waals surface area contributed by atoms with Gasteiger partial charge < -0.3 is 10.2 Å². The van der Waals surface area contributed by atoms with Crippen molar-refractivity contribution in [1.82, 2.24) is 10.2 Å². The first-order valence-electron chi connectivity index (χ1n) is 9.47. The van der Waals surface area contributed by atoms with E-state index in [4.69, 9.17) is 11.6 Å². The fourth-order valence-electron chi connectivity index (χ4n) is 2.81. The second-order valence-corrected chi connectivity index (χ2v) is 8.06. The number of hydrogen-bond donors (Lipinski definition) is 1. The third-order valence-corrected chi connectivity index (χ3v) is 5.46. The van der Waals surface area contributed by atoms with Crippen LogP contribution in [0, 0.1) is 0 Å². The van der Waals surface area contributed by atoms with Gasteiger partial charge in [0.05, 0.1) is 6.42 Å². The number of nitrogens with one attached hydrogen (secondary N) is 1. The molecule has 0 bridgehead atoms. The van der Waals surface area contributed by atoms with Crippen molar-refractivity contribution in [3.63, 3.8) is 0 Å². The highest BCUT2D eigenvalue weighted by Gasteiger charge is 2.26. The largest absolute Gasteiger partial charge is 0.354 e. The van der Waals surface area contributed by atoms with Crippen molar-refractivity contribution < 1.29 is 9.59 Å². The second kappa shape index (κ2) is 11.2. The molecule has 0 fully saturated rings. The molecule has 0 spiro atoms. The SMILES string of the molecule is CCCCNC(=O)C(C)N(Cc1ccc(Br)cc1)C(=O)Cc1ccccc1Cl. The van der Waals surface area contributed by atoms with E-state index < -0.39 is 6.04 Å². The number of amides is 2. The van der Waals surface area contributed by atoms with Crippen LogP contribution in [0.3, 0.4) is 0 Å². The minimum atomic E-state index is -0.574. The molecule has 1 N–H and O–H groups in total. The van der Waals surface area contributed by atoms with Crippen LogP contribution in [0.15, 0.2) is 53.0 Å². The van der Waals surface area contributed by atoms with Gasteiger partial charge in [-0.1, -0.05) is 71.2 Å². The Hall–Kier alpha value is -1.85. The molecular formula is C22H26BrClN2O2. The van der Waals surface area contributed by atoms with Gasteiger partial charge in [-0.05, 0) is 42.7 Å². The first kappa shape index (κ1) is 22.4. The van der Waals surface area contributed by atoms with Gasteiger partial charge in [-0.15, -0.1) is 0 Å². The molecule has 0 aliphatic rings. The van der Waals surface area contributed by atoms with Crippen molar-refractivity contribution in [3.05, 3.63) is 69.2 Å². The van der Waals surface area contributed by atoms with Crippen molar-refractivity contribution in [2.24, 2.45) is 0 Å². The first-order valence-corrected chi connectivity index (χ1v) is 10.6. The Kier molecular flexibility index (Phi) is 9.00. The Morgan fingerprint density at radius 1 is 1.14 bits per heavy atom. The van der Waals surface area contributed by atoms with Gasteiger partial charge in [-0.2, -0.15) is 0 Å². The predicted molar refractivity (Wildman–Crippen MR) is 117 cm³/mol. The molecule has 1 atom stereocenters. The van der Waals surface area contributed by atoms with Gasteiger partial charge >= 0.3 is 0 Å². The van der Waals surface area contributed by atoms with Gasteiger partial charge in [0, 0.05) is 22.6 Å². The summed E-state index contributed by atoms with van der Waals surface area (Å²) in [5.74, 6) is -0.271. The summed E-state index contributed by atoms with van der Waals surface area (Å²) >= 11 is 9.64. The first-order chi connectivity index (χ1) is 13.4. The highest BCUT2D eigenvalue weighted by Crippen LogP contribution is 2.19. The van der Waals surface area contributed by atoms with Gasteiger partial charge in [-0.3, -0.25) is 9.59 Å². The molecule has 0 saturated carbocycles. The van der Waals surface area contributed by atoms with Crippen molar-refractivity contribution in [1.29, 1.82) is 0 Å². The number of nitrogens with zero attached hydrogens (tertiary/aromatic N) is 1. The van der Waals surface area contributed by atoms with Gasteiger partial charge in [0.2, 0.25) is 11.8 Å². The Balaban J connectivity index is 2.18. The Bertz CT molecular complexity index is 795. The molecule has 6 heteroatoms. The Morgan fingerprint density at radius 3 is 2.46 bits per heavy atom. The predicted octanol–water partition coefficient (Wildman–Crippen LogP) is 4.98. The van der Waals surface area contributed by atoms with Crippen LogP contribution < -0.4 is 5.32 Å². The summed E-state index contributed by atoms with van der Waals surface area (Å²) in [7, 11) is 0. The van der Waals surface area contributed by atoms with Gasteiger partial charge in [0.25, 0.3) is 0 Å². The minimum Gasteiger partial charge on any atom is -0.354 e. The average molecular weight is 466 g/mol. The molecule has 2 aromatic rings. The Labute approximate surface area is 180 Å². The number of halogens is 2. The van der Waals surface area contributed by atoms with Crippen molar-refractivity contribution >= 4 is 39.3 Å². The maximum Gasteiger partial charge on any atom is 0.242 e. The number of rotatable bonds is 9. The van der Waals surface area contributed by atoms with E-state index in [2.05, 4.69) is 28.2 Å².